The van der Waals surface area contributed by atoms with Gasteiger partial charge in [-0.1, -0.05) is 11.6 Å². The maximum Gasteiger partial charge on any atom is 0.298 e. The predicted molar refractivity (Wildman–Crippen MR) is 80.7 cm³/mol. The molecule has 0 aromatic heterocycles. The predicted octanol–water partition coefficient (Wildman–Crippen LogP) is 2.83. The minimum atomic E-state index is -4.57. The molecular formula is C13H12ClNO6S. The van der Waals surface area contributed by atoms with E-state index in [1.165, 1.54) is 25.2 Å². The number of hydrogen-bond acceptors (Lipinski definition) is 6. The molecule has 2 aromatic rings. The molecule has 9 heteroatoms. The van der Waals surface area contributed by atoms with Crippen molar-refractivity contribution in [1.82, 2.24) is 0 Å². The first kappa shape index (κ1) is 16.2. The van der Waals surface area contributed by atoms with E-state index >= 15 is 0 Å². The van der Waals surface area contributed by atoms with Crippen LogP contribution >= 0.6 is 11.6 Å². The maximum absolute atomic E-state index is 11.4. The number of rotatable bonds is 4. The number of nitrogens with one attached hydrogen (secondary N) is 1. The van der Waals surface area contributed by atoms with Crippen molar-refractivity contribution in [2.24, 2.45) is 0 Å². The lowest BCUT2D eigenvalue weighted by molar-refractivity contribution is 0.427. The number of aromatic hydroxyl groups is 2. The van der Waals surface area contributed by atoms with Gasteiger partial charge in [-0.3, -0.25) is 4.55 Å². The van der Waals surface area contributed by atoms with Crippen LogP contribution in [0, 0.1) is 0 Å². The molecule has 0 amide bonds. The monoisotopic (exact) mass is 345 g/mol. The summed E-state index contributed by atoms with van der Waals surface area (Å²) in [5.41, 5.74) is 0.133. The molecule has 0 heterocycles. The van der Waals surface area contributed by atoms with Crippen LogP contribution in [0.3, 0.4) is 0 Å². The van der Waals surface area contributed by atoms with Crippen molar-refractivity contribution < 1.29 is 27.9 Å². The Morgan fingerprint density at radius 2 is 1.82 bits per heavy atom. The van der Waals surface area contributed by atoms with Gasteiger partial charge in [-0.2, -0.15) is 8.42 Å². The van der Waals surface area contributed by atoms with Crippen LogP contribution in [0.2, 0.25) is 5.02 Å². The quantitative estimate of drug-likeness (QED) is 0.382. The van der Waals surface area contributed by atoms with Crippen LogP contribution in [-0.2, 0) is 10.1 Å². The molecule has 0 radical (unpaired) electrons. The second kappa shape index (κ2) is 5.91. The first-order valence-electron chi connectivity index (χ1n) is 5.91. The highest BCUT2D eigenvalue weighted by molar-refractivity contribution is 7.86. The van der Waals surface area contributed by atoms with E-state index < -0.39 is 15.0 Å². The van der Waals surface area contributed by atoms with Crippen molar-refractivity contribution in [3.63, 3.8) is 0 Å². The highest BCUT2D eigenvalue weighted by Gasteiger charge is 2.20. The molecule has 0 saturated heterocycles. The van der Waals surface area contributed by atoms with Crippen LogP contribution in [-0.4, -0.2) is 30.2 Å². The van der Waals surface area contributed by atoms with E-state index in [1.54, 1.807) is 0 Å². The van der Waals surface area contributed by atoms with E-state index in [0.29, 0.717) is 0 Å². The van der Waals surface area contributed by atoms with Crippen molar-refractivity contribution in [2.45, 2.75) is 4.90 Å². The largest absolute Gasteiger partial charge is 0.508 e. The Labute approximate surface area is 131 Å². The van der Waals surface area contributed by atoms with Crippen LogP contribution < -0.4 is 10.1 Å². The molecule has 4 N–H and O–H groups in total. The van der Waals surface area contributed by atoms with E-state index in [-0.39, 0.29) is 33.7 Å². The molecule has 7 nitrogen and oxygen atoms in total. The number of halogens is 1. The SMILES string of the molecule is CNc1c(O)cc(O)cc1Oc1ccc(Cl)cc1S(=O)(=O)O. The second-order valence-electron chi connectivity index (χ2n) is 4.26. The molecule has 22 heavy (non-hydrogen) atoms. The maximum atomic E-state index is 11.4. The fraction of sp³-hybridized carbons (Fsp3) is 0.0769. The number of anilines is 1. The van der Waals surface area contributed by atoms with E-state index in [2.05, 4.69) is 5.32 Å². The molecule has 0 aliphatic rings. The average Bonchev–Trinajstić information content (AvgIpc) is 2.39. The number of hydrogen-bond donors (Lipinski definition) is 4. The lowest BCUT2D eigenvalue weighted by Gasteiger charge is -2.14. The van der Waals surface area contributed by atoms with Crippen LogP contribution in [0.5, 0.6) is 23.0 Å². The normalized spacial score (nSPS) is 11.2. The third-order valence-electron chi connectivity index (χ3n) is 2.72. The van der Waals surface area contributed by atoms with Gasteiger partial charge in [-0.25, -0.2) is 0 Å². The molecule has 0 unspecified atom stereocenters. The summed E-state index contributed by atoms with van der Waals surface area (Å²) in [7, 11) is -3.07. The van der Waals surface area contributed by atoms with Gasteiger partial charge in [0.1, 0.15) is 27.8 Å². The summed E-state index contributed by atoms with van der Waals surface area (Å²) >= 11 is 5.71. The molecule has 2 aromatic carbocycles. The lowest BCUT2D eigenvalue weighted by atomic mass is 10.2. The standard InChI is InChI=1S/C13H12ClNO6S/c1-15-13-9(17)5-8(16)6-11(13)21-10-3-2-7(14)4-12(10)22(18,19)20/h2-6,15-17H,1H3,(H,18,19,20). The molecule has 0 aliphatic heterocycles. The Morgan fingerprint density at radius 3 is 2.41 bits per heavy atom. The van der Waals surface area contributed by atoms with Gasteiger partial charge in [-0.15, -0.1) is 0 Å². The van der Waals surface area contributed by atoms with Gasteiger partial charge in [-0.05, 0) is 18.2 Å². The van der Waals surface area contributed by atoms with Crippen LogP contribution in [0.4, 0.5) is 5.69 Å². The van der Waals surface area contributed by atoms with Gasteiger partial charge < -0.3 is 20.3 Å². The molecule has 0 bridgehead atoms. The summed E-state index contributed by atoms with van der Waals surface area (Å²) in [6, 6.07) is 5.89. The van der Waals surface area contributed by atoms with Gasteiger partial charge in [0.2, 0.25) is 0 Å². The lowest BCUT2D eigenvalue weighted by Crippen LogP contribution is -2.02. The van der Waals surface area contributed by atoms with E-state index in [0.717, 1.165) is 12.1 Å². The molecular weight excluding hydrogens is 334 g/mol. The van der Waals surface area contributed by atoms with Crippen molar-refractivity contribution in [1.29, 1.82) is 0 Å². The van der Waals surface area contributed by atoms with Crippen LogP contribution in [0.25, 0.3) is 0 Å². The molecule has 0 atom stereocenters. The first-order valence-corrected chi connectivity index (χ1v) is 7.73. The molecule has 2 rings (SSSR count). The Kier molecular flexibility index (Phi) is 4.36. The fourth-order valence-electron chi connectivity index (χ4n) is 1.80. The van der Waals surface area contributed by atoms with Gasteiger partial charge >= 0.3 is 0 Å². The van der Waals surface area contributed by atoms with Gasteiger partial charge in [0.05, 0.1) is 0 Å². The number of benzene rings is 2. The molecule has 0 spiro atoms. The van der Waals surface area contributed by atoms with Crippen molar-refractivity contribution in [2.75, 3.05) is 12.4 Å². The Bertz CT molecular complexity index is 822. The Balaban J connectivity index is 2.57. The Hall–Kier alpha value is -2.16. The topological polar surface area (TPSA) is 116 Å². The van der Waals surface area contributed by atoms with Crippen molar-refractivity contribution in [3.8, 4) is 23.0 Å². The fourth-order valence-corrected chi connectivity index (χ4v) is 2.68. The highest BCUT2D eigenvalue weighted by Crippen LogP contribution is 2.41. The zero-order valence-corrected chi connectivity index (χ0v) is 12.8. The smallest absolute Gasteiger partial charge is 0.298 e. The summed E-state index contributed by atoms with van der Waals surface area (Å²) in [5, 5.41) is 22.0. The van der Waals surface area contributed by atoms with Crippen LogP contribution in [0.15, 0.2) is 35.2 Å². The minimum Gasteiger partial charge on any atom is -0.508 e. The van der Waals surface area contributed by atoms with Gasteiger partial charge in [0.25, 0.3) is 10.1 Å². The molecule has 0 aliphatic carbocycles. The van der Waals surface area contributed by atoms with Crippen molar-refractivity contribution >= 4 is 27.4 Å². The summed E-state index contributed by atoms with van der Waals surface area (Å²) in [6.07, 6.45) is 0. The number of ether oxygens (including phenoxy) is 1. The first-order chi connectivity index (χ1) is 10.2. The summed E-state index contributed by atoms with van der Waals surface area (Å²) in [4.78, 5) is -0.537. The van der Waals surface area contributed by atoms with Crippen LogP contribution in [0.1, 0.15) is 0 Å². The minimum absolute atomic E-state index is 0.0350. The molecule has 0 fully saturated rings. The molecule has 118 valence electrons. The zero-order chi connectivity index (χ0) is 16.5. The third-order valence-corrected chi connectivity index (χ3v) is 3.83. The third kappa shape index (κ3) is 3.35. The number of phenolic OH excluding ortho intramolecular Hbond substituents is 2. The molecule has 0 saturated carbocycles. The highest BCUT2D eigenvalue weighted by atomic mass is 35.5. The number of phenols is 2. The summed E-state index contributed by atoms with van der Waals surface area (Å²) in [6.45, 7) is 0. The van der Waals surface area contributed by atoms with E-state index in [1.807, 2.05) is 0 Å². The Morgan fingerprint density at radius 1 is 1.14 bits per heavy atom. The van der Waals surface area contributed by atoms with Gasteiger partial charge in [0, 0.05) is 24.2 Å². The summed E-state index contributed by atoms with van der Waals surface area (Å²) in [5.74, 6) is -0.825. The zero-order valence-electron chi connectivity index (χ0n) is 11.2. The average molecular weight is 346 g/mol. The second-order valence-corrected chi connectivity index (χ2v) is 6.08. The van der Waals surface area contributed by atoms with E-state index in [4.69, 9.17) is 16.3 Å². The van der Waals surface area contributed by atoms with Gasteiger partial charge in [0.15, 0.2) is 5.75 Å². The summed E-state index contributed by atoms with van der Waals surface area (Å²) < 4.78 is 37.4. The van der Waals surface area contributed by atoms with E-state index in [9.17, 15) is 23.2 Å². The van der Waals surface area contributed by atoms with Crippen molar-refractivity contribution in [3.05, 3.63) is 35.4 Å².